The highest BCUT2D eigenvalue weighted by atomic mass is 35.5. The quantitative estimate of drug-likeness (QED) is 0.812. The first-order chi connectivity index (χ1) is 12.1. The maximum absolute atomic E-state index is 12.6. The summed E-state index contributed by atoms with van der Waals surface area (Å²) in [6.07, 6.45) is 0. The van der Waals surface area contributed by atoms with E-state index in [9.17, 15) is 4.79 Å². The number of nitrogens with one attached hydrogen (secondary N) is 1. The van der Waals surface area contributed by atoms with Gasteiger partial charge < -0.3 is 11.1 Å². The largest absolute Gasteiger partial charge is 0.330 e. The SMILES string of the molecule is CC(C(=O)Nc1ccccc1Cl)N1C[C@@H](CN)[C@H](c2ccccc2)C1.Cl. The molecule has 3 rings (SSSR count). The fourth-order valence-corrected chi connectivity index (χ4v) is 3.69. The average molecular weight is 394 g/mol. The van der Waals surface area contributed by atoms with E-state index in [0.717, 1.165) is 13.1 Å². The van der Waals surface area contributed by atoms with Crippen LogP contribution in [0, 0.1) is 5.92 Å². The van der Waals surface area contributed by atoms with Crippen molar-refractivity contribution in [1.82, 2.24) is 4.90 Å². The molecule has 1 fully saturated rings. The third kappa shape index (κ3) is 4.57. The molecule has 3 atom stereocenters. The van der Waals surface area contributed by atoms with E-state index in [1.54, 1.807) is 6.07 Å². The van der Waals surface area contributed by atoms with Crippen LogP contribution in [0.2, 0.25) is 5.02 Å². The average Bonchev–Trinajstić information content (AvgIpc) is 3.08. The Balaban J connectivity index is 0.00000243. The lowest BCUT2D eigenvalue weighted by Gasteiger charge is -2.23. The van der Waals surface area contributed by atoms with Crippen LogP contribution in [0.25, 0.3) is 0 Å². The normalized spacial score (nSPS) is 21.0. The van der Waals surface area contributed by atoms with E-state index in [2.05, 4.69) is 34.5 Å². The van der Waals surface area contributed by atoms with Gasteiger partial charge in [-0.15, -0.1) is 12.4 Å². The molecule has 0 bridgehead atoms. The number of anilines is 1. The number of likely N-dealkylation sites (tertiary alicyclic amines) is 1. The molecular formula is C20H25Cl2N3O. The number of benzene rings is 2. The molecule has 0 spiro atoms. The molecule has 26 heavy (non-hydrogen) atoms. The monoisotopic (exact) mass is 393 g/mol. The topological polar surface area (TPSA) is 58.4 Å². The van der Waals surface area contributed by atoms with Gasteiger partial charge in [0.2, 0.25) is 5.91 Å². The number of para-hydroxylation sites is 1. The zero-order chi connectivity index (χ0) is 17.8. The van der Waals surface area contributed by atoms with Crippen molar-refractivity contribution in [3.8, 4) is 0 Å². The molecule has 0 radical (unpaired) electrons. The Labute approximate surface area is 166 Å². The molecule has 4 nitrogen and oxygen atoms in total. The first kappa shape index (κ1) is 20.7. The van der Waals surface area contributed by atoms with Crippen molar-refractivity contribution in [1.29, 1.82) is 0 Å². The molecule has 0 aliphatic carbocycles. The maximum atomic E-state index is 12.6. The molecule has 1 saturated heterocycles. The van der Waals surface area contributed by atoms with Crippen molar-refractivity contribution in [3.05, 3.63) is 65.2 Å². The van der Waals surface area contributed by atoms with E-state index in [-0.39, 0.29) is 24.4 Å². The number of amides is 1. The summed E-state index contributed by atoms with van der Waals surface area (Å²) in [7, 11) is 0. The van der Waals surface area contributed by atoms with Gasteiger partial charge in [-0.1, -0.05) is 54.1 Å². The van der Waals surface area contributed by atoms with Crippen molar-refractivity contribution in [2.45, 2.75) is 18.9 Å². The van der Waals surface area contributed by atoms with Crippen LogP contribution in [0.3, 0.4) is 0 Å². The van der Waals surface area contributed by atoms with E-state index in [0.29, 0.717) is 29.1 Å². The zero-order valence-electron chi connectivity index (χ0n) is 14.8. The molecule has 1 heterocycles. The highest BCUT2D eigenvalue weighted by Crippen LogP contribution is 2.33. The second-order valence-electron chi connectivity index (χ2n) is 6.61. The molecule has 2 aromatic carbocycles. The van der Waals surface area contributed by atoms with Crippen molar-refractivity contribution < 1.29 is 4.79 Å². The van der Waals surface area contributed by atoms with E-state index in [1.807, 2.05) is 31.2 Å². The summed E-state index contributed by atoms with van der Waals surface area (Å²) in [6.45, 7) is 4.22. The number of carbonyl (C=O) groups is 1. The third-order valence-corrected chi connectivity index (χ3v) is 5.39. The van der Waals surface area contributed by atoms with Gasteiger partial charge in [0.05, 0.1) is 16.8 Å². The van der Waals surface area contributed by atoms with Crippen LogP contribution in [-0.2, 0) is 4.79 Å². The highest BCUT2D eigenvalue weighted by molar-refractivity contribution is 6.33. The molecule has 3 N–H and O–H groups in total. The summed E-state index contributed by atoms with van der Waals surface area (Å²) in [6, 6.07) is 17.5. The van der Waals surface area contributed by atoms with Gasteiger partial charge in [0.25, 0.3) is 0 Å². The van der Waals surface area contributed by atoms with E-state index in [4.69, 9.17) is 17.3 Å². The minimum atomic E-state index is -0.237. The van der Waals surface area contributed by atoms with Crippen LogP contribution in [0.1, 0.15) is 18.4 Å². The Morgan fingerprint density at radius 2 is 1.85 bits per heavy atom. The van der Waals surface area contributed by atoms with E-state index >= 15 is 0 Å². The number of carbonyl (C=O) groups excluding carboxylic acids is 1. The van der Waals surface area contributed by atoms with Crippen molar-refractivity contribution in [3.63, 3.8) is 0 Å². The molecule has 1 amide bonds. The number of hydrogen-bond acceptors (Lipinski definition) is 3. The van der Waals surface area contributed by atoms with Crippen molar-refractivity contribution in [2.24, 2.45) is 11.7 Å². The first-order valence-electron chi connectivity index (χ1n) is 8.64. The lowest BCUT2D eigenvalue weighted by molar-refractivity contribution is -0.120. The minimum absolute atomic E-state index is 0. The van der Waals surface area contributed by atoms with Crippen LogP contribution >= 0.6 is 24.0 Å². The maximum Gasteiger partial charge on any atom is 0.241 e. The first-order valence-corrected chi connectivity index (χ1v) is 9.02. The van der Waals surface area contributed by atoms with E-state index < -0.39 is 0 Å². The Bertz CT molecular complexity index is 726. The number of rotatable bonds is 5. The van der Waals surface area contributed by atoms with Crippen LogP contribution in [-0.4, -0.2) is 36.5 Å². The predicted molar refractivity (Wildman–Crippen MR) is 110 cm³/mol. The lowest BCUT2D eigenvalue weighted by Crippen LogP contribution is -2.41. The van der Waals surface area contributed by atoms with Crippen molar-refractivity contribution >= 4 is 35.6 Å². The summed E-state index contributed by atoms with van der Waals surface area (Å²) in [5.74, 6) is 0.678. The lowest BCUT2D eigenvalue weighted by atomic mass is 9.89. The number of nitrogens with zero attached hydrogens (tertiary/aromatic N) is 1. The standard InChI is InChI=1S/C20H24ClN3O.ClH/c1-14(20(25)23-19-10-6-5-9-18(19)21)24-12-16(11-22)17(13-24)15-7-3-2-4-8-15;/h2-10,14,16-17H,11-13,22H2,1H3,(H,23,25);1H/t14?,16-,17+;/m1./s1. The van der Waals surface area contributed by atoms with Gasteiger partial charge in [-0.2, -0.15) is 0 Å². The van der Waals surface area contributed by atoms with Crippen LogP contribution in [0.15, 0.2) is 54.6 Å². The fraction of sp³-hybridized carbons (Fsp3) is 0.350. The van der Waals surface area contributed by atoms with Crippen LogP contribution < -0.4 is 11.1 Å². The number of hydrogen-bond donors (Lipinski definition) is 2. The van der Waals surface area contributed by atoms with Crippen LogP contribution in [0.5, 0.6) is 0 Å². The summed E-state index contributed by atoms with van der Waals surface area (Å²) in [5.41, 5.74) is 7.94. The molecule has 1 aliphatic heterocycles. The van der Waals surface area contributed by atoms with Gasteiger partial charge in [-0.05, 0) is 37.1 Å². The summed E-state index contributed by atoms with van der Waals surface area (Å²) in [5, 5.41) is 3.48. The minimum Gasteiger partial charge on any atom is -0.330 e. The molecular weight excluding hydrogens is 369 g/mol. The summed E-state index contributed by atoms with van der Waals surface area (Å²) in [4.78, 5) is 14.9. The molecule has 2 aromatic rings. The van der Waals surface area contributed by atoms with Gasteiger partial charge in [0, 0.05) is 19.0 Å². The zero-order valence-corrected chi connectivity index (χ0v) is 16.3. The summed E-state index contributed by atoms with van der Waals surface area (Å²) >= 11 is 6.14. The van der Waals surface area contributed by atoms with Crippen molar-refractivity contribution in [2.75, 3.05) is 25.0 Å². The van der Waals surface area contributed by atoms with Gasteiger partial charge in [0.15, 0.2) is 0 Å². The second kappa shape index (κ2) is 9.38. The van der Waals surface area contributed by atoms with Gasteiger partial charge in [0.1, 0.15) is 0 Å². The number of halogens is 2. The smallest absolute Gasteiger partial charge is 0.241 e. The Morgan fingerprint density at radius 1 is 1.19 bits per heavy atom. The predicted octanol–water partition coefficient (Wildman–Crippen LogP) is 3.76. The fourth-order valence-electron chi connectivity index (χ4n) is 3.50. The molecule has 0 aromatic heterocycles. The molecule has 6 heteroatoms. The van der Waals surface area contributed by atoms with Crippen LogP contribution in [0.4, 0.5) is 5.69 Å². The highest BCUT2D eigenvalue weighted by Gasteiger charge is 2.36. The number of nitrogens with two attached hydrogens (primary N) is 1. The van der Waals surface area contributed by atoms with Gasteiger partial charge in [-0.3, -0.25) is 9.69 Å². The summed E-state index contributed by atoms with van der Waals surface area (Å²) < 4.78 is 0. The van der Waals surface area contributed by atoms with E-state index in [1.165, 1.54) is 5.56 Å². The molecule has 140 valence electrons. The third-order valence-electron chi connectivity index (χ3n) is 5.06. The Kier molecular flexibility index (Phi) is 7.47. The molecule has 0 saturated carbocycles. The second-order valence-corrected chi connectivity index (χ2v) is 7.02. The van der Waals surface area contributed by atoms with Gasteiger partial charge >= 0.3 is 0 Å². The molecule has 1 unspecified atom stereocenters. The molecule has 1 aliphatic rings. The Hall–Kier alpha value is -1.59. The Morgan fingerprint density at radius 3 is 2.50 bits per heavy atom. The van der Waals surface area contributed by atoms with Gasteiger partial charge in [-0.25, -0.2) is 0 Å².